The van der Waals surface area contributed by atoms with E-state index in [-0.39, 0.29) is 5.78 Å². The first-order valence-electron chi connectivity index (χ1n) is 4.07. The molecule has 1 rings (SSSR count). The molecule has 3 nitrogen and oxygen atoms in total. The molecule has 1 atom stereocenters. The fraction of sp³-hybridized carbons (Fsp3) is 0.300. The highest BCUT2D eigenvalue weighted by atomic mass is 31.0. The van der Waals surface area contributed by atoms with E-state index in [2.05, 4.69) is 0 Å². The second kappa shape index (κ2) is 5.63. The van der Waals surface area contributed by atoms with Gasteiger partial charge in [-0.3, -0.25) is 4.79 Å². The molecule has 0 saturated heterocycles. The zero-order valence-corrected chi connectivity index (χ0v) is 9.38. The Hall–Kier alpha value is -1.05. The topological polar surface area (TPSA) is 54.4 Å². The van der Waals surface area contributed by atoms with Crippen LogP contribution in [0.5, 0.6) is 0 Å². The number of Topliss-reactive ketones (excluding diaryl/α,β-unsaturated/α-hetero) is 1. The smallest absolute Gasteiger partial charge is 0.310 e. The van der Waals surface area contributed by atoms with E-state index in [9.17, 15) is 9.90 Å². The summed E-state index contributed by atoms with van der Waals surface area (Å²) in [7, 11) is 1.17. The summed E-state index contributed by atoms with van der Waals surface area (Å²) in [4.78, 5) is 11.4. The standard InChI is InChI=1S/C10H12O2.H2OP/c1-10(2,12)9(11)8-6-4-3-5-7-8;1-2/h3-7,12H,1-2H3;2H2/q;+1. The van der Waals surface area contributed by atoms with E-state index in [0.29, 0.717) is 5.56 Å². The minimum Gasteiger partial charge on any atom is -0.382 e. The Balaban J connectivity index is 0.000000791. The van der Waals surface area contributed by atoms with Gasteiger partial charge in [-0.2, -0.15) is 0 Å². The van der Waals surface area contributed by atoms with Crippen molar-refractivity contribution in [3.8, 4) is 0 Å². The molecule has 0 fully saturated rings. The number of rotatable bonds is 2. The van der Waals surface area contributed by atoms with E-state index in [0.717, 1.165) is 0 Å². The van der Waals surface area contributed by atoms with Crippen LogP contribution < -0.4 is 0 Å². The summed E-state index contributed by atoms with van der Waals surface area (Å²) in [5.41, 5.74) is -0.730. The van der Waals surface area contributed by atoms with Crippen LogP contribution in [-0.4, -0.2) is 16.5 Å². The van der Waals surface area contributed by atoms with Crippen LogP contribution in [0, 0.1) is 0 Å². The predicted molar refractivity (Wildman–Crippen MR) is 57.5 cm³/mol. The number of hydrogen-bond acceptors (Lipinski definition) is 3. The van der Waals surface area contributed by atoms with Gasteiger partial charge in [0.2, 0.25) is 0 Å². The lowest BCUT2D eigenvalue weighted by Gasteiger charge is -2.14. The second-order valence-corrected chi connectivity index (χ2v) is 3.25. The number of ketones is 1. The monoisotopic (exact) mass is 213 g/mol. The Labute approximate surface area is 85.4 Å². The van der Waals surface area contributed by atoms with Gasteiger partial charge < -0.3 is 5.11 Å². The summed E-state index contributed by atoms with van der Waals surface area (Å²) in [5, 5.41) is 9.39. The summed E-state index contributed by atoms with van der Waals surface area (Å²) < 4.78 is 8.17. The molecule has 0 bridgehead atoms. The van der Waals surface area contributed by atoms with Crippen molar-refractivity contribution in [3.05, 3.63) is 35.9 Å². The average Bonchev–Trinajstić information content (AvgIpc) is 2.20. The zero-order chi connectivity index (χ0) is 11.2. The summed E-state index contributed by atoms with van der Waals surface area (Å²) in [6.45, 7) is 2.98. The summed E-state index contributed by atoms with van der Waals surface area (Å²) >= 11 is 0. The molecule has 4 heteroatoms. The van der Waals surface area contributed by atoms with E-state index in [1.807, 2.05) is 6.07 Å². The molecule has 1 N–H and O–H groups in total. The molecule has 0 heterocycles. The van der Waals surface area contributed by atoms with E-state index in [1.54, 1.807) is 24.3 Å². The highest BCUT2D eigenvalue weighted by molar-refractivity contribution is 7.00. The molecular formula is C10H14O3P+. The molecule has 0 spiro atoms. The van der Waals surface area contributed by atoms with Crippen LogP contribution in [0.2, 0.25) is 0 Å². The number of carbonyl (C=O) groups excluding carboxylic acids is 1. The molecule has 0 aliphatic rings. The largest absolute Gasteiger partial charge is 0.382 e. The van der Waals surface area contributed by atoms with Crippen LogP contribution in [0.25, 0.3) is 0 Å². The van der Waals surface area contributed by atoms with Crippen LogP contribution in [-0.2, 0) is 4.57 Å². The second-order valence-electron chi connectivity index (χ2n) is 3.25. The lowest BCUT2D eigenvalue weighted by Crippen LogP contribution is -2.30. The molecule has 0 aliphatic carbocycles. The SMILES string of the molecule is CC(C)(O)C(=O)c1ccccc1.O=[PH2+]. The first-order chi connectivity index (χ1) is 6.52. The molecule has 14 heavy (non-hydrogen) atoms. The quantitative estimate of drug-likeness (QED) is 0.602. The minimum absolute atomic E-state index is 0.247. The third-order valence-corrected chi connectivity index (χ3v) is 1.59. The van der Waals surface area contributed by atoms with Crippen LogP contribution in [0.4, 0.5) is 0 Å². The van der Waals surface area contributed by atoms with Crippen molar-refractivity contribution in [2.45, 2.75) is 19.4 Å². The molecule has 1 unspecified atom stereocenters. The van der Waals surface area contributed by atoms with Gasteiger partial charge in [0.1, 0.15) is 5.60 Å². The van der Waals surface area contributed by atoms with Gasteiger partial charge in [0.05, 0.1) is 0 Å². The molecule has 76 valence electrons. The maximum atomic E-state index is 11.4. The first kappa shape index (κ1) is 12.9. The van der Waals surface area contributed by atoms with Crippen LogP contribution in [0.3, 0.4) is 0 Å². The highest BCUT2D eigenvalue weighted by Crippen LogP contribution is 2.11. The van der Waals surface area contributed by atoms with Gasteiger partial charge in [-0.25, -0.2) is 0 Å². The van der Waals surface area contributed by atoms with Crippen molar-refractivity contribution in [2.75, 3.05) is 0 Å². The first-order valence-corrected chi connectivity index (χ1v) is 4.55. The molecule has 0 aromatic heterocycles. The maximum Gasteiger partial charge on any atom is 0.310 e. The lowest BCUT2D eigenvalue weighted by molar-refractivity contribution is 0.0488. The third kappa shape index (κ3) is 3.77. The molecule has 1 aromatic carbocycles. The van der Waals surface area contributed by atoms with Gasteiger partial charge in [0, 0.05) is 5.56 Å². The Morgan fingerprint density at radius 2 is 1.64 bits per heavy atom. The molecule has 1 aromatic rings. The van der Waals surface area contributed by atoms with Gasteiger partial charge in [-0.15, -0.1) is 0 Å². The van der Waals surface area contributed by atoms with E-state index >= 15 is 0 Å². The van der Waals surface area contributed by atoms with Crippen molar-refractivity contribution in [1.82, 2.24) is 0 Å². The fourth-order valence-corrected chi connectivity index (χ4v) is 0.943. The van der Waals surface area contributed by atoms with Gasteiger partial charge in [0.15, 0.2) is 5.78 Å². The predicted octanol–water partition coefficient (Wildman–Crippen LogP) is 1.85. The average molecular weight is 213 g/mol. The number of benzene rings is 1. The van der Waals surface area contributed by atoms with Crippen molar-refractivity contribution in [2.24, 2.45) is 0 Å². The normalized spacial score (nSPS) is 9.93. The molecule has 0 amide bonds. The van der Waals surface area contributed by atoms with Gasteiger partial charge in [0.25, 0.3) is 0 Å². The van der Waals surface area contributed by atoms with Crippen LogP contribution in [0.1, 0.15) is 24.2 Å². The molecule has 0 saturated carbocycles. The number of hydrogen-bond donors (Lipinski definition) is 1. The number of carbonyl (C=O) groups is 1. The van der Waals surface area contributed by atoms with Crippen molar-refractivity contribution < 1.29 is 14.5 Å². The van der Waals surface area contributed by atoms with Crippen molar-refractivity contribution in [1.29, 1.82) is 0 Å². The maximum absolute atomic E-state index is 11.4. The Morgan fingerprint density at radius 1 is 1.21 bits per heavy atom. The molecular weight excluding hydrogens is 199 g/mol. The lowest BCUT2D eigenvalue weighted by atomic mass is 9.97. The molecule has 0 radical (unpaired) electrons. The minimum atomic E-state index is -1.28. The fourth-order valence-electron chi connectivity index (χ4n) is 0.943. The van der Waals surface area contributed by atoms with Crippen LogP contribution in [0.15, 0.2) is 30.3 Å². The Bertz CT molecular complexity index is 290. The number of aliphatic hydroxyl groups is 1. The van der Waals surface area contributed by atoms with Gasteiger partial charge in [-0.05, 0) is 13.8 Å². The van der Waals surface area contributed by atoms with E-state index in [1.165, 1.54) is 23.0 Å². The van der Waals surface area contributed by atoms with Crippen LogP contribution >= 0.6 is 9.12 Å². The zero-order valence-electron chi connectivity index (χ0n) is 8.23. The Kier molecular flexibility index (Phi) is 5.21. The Morgan fingerprint density at radius 3 is 2.00 bits per heavy atom. The van der Waals surface area contributed by atoms with Gasteiger partial charge in [-0.1, -0.05) is 34.9 Å². The van der Waals surface area contributed by atoms with Crippen molar-refractivity contribution in [3.63, 3.8) is 0 Å². The van der Waals surface area contributed by atoms with Gasteiger partial charge >= 0.3 is 9.12 Å². The third-order valence-electron chi connectivity index (χ3n) is 1.59. The summed E-state index contributed by atoms with van der Waals surface area (Å²) in [6, 6.07) is 8.78. The summed E-state index contributed by atoms with van der Waals surface area (Å²) in [5.74, 6) is -0.247. The van der Waals surface area contributed by atoms with Crippen molar-refractivity contribution >= 4 is 14.9 Å². The highest BCUT2D eigenvalue weighted by Gasteiger charge is 2.24. The van der Waals surface area contributed by atoms with E-state index in [4.69, 9.17) is 4.57 Å². The molecule has 0 aliphatic heterocycles. The van der Waals surface area contributed by atoms with E-state index < -0.39 is 5.60 Å². The summed E-state index contributed by atoms with van der Waals surface area (Å²) in [6.07, 6.45) is 0.